The van der Waals surface area contributed by atoms with E-state index in [1.807, 2.05) is 19.1 Å². The highest BCUT2D eigenvalue weighted by molar-refractivity contribution is 7.89. The van der Waals surface area contributed by atoms with E-state index in [4.69, 9.17) is 11.6 Å². The van der Waals surface area contributed by atoms with Gasteiger partial charge in [-0.15, -0.1) is 0 Å². The van der Waals surface area contributed by atoms with E-state index in [-0.39, 0.29) is 17.9 Å². The van der Waals surface area contributed by atoms with Gasteiger partial charge in [0.15, 0.2) is 0 Å². The Morgan fingerprint density at radius 2 is 1.73 bits per heavy atom. The molecule has 1 atom stereocenters. The Morgan fingerprint density at radius 3 is 2.36 bits per heavy atom. The molecule has 2 aromatic carbocycles. The number of amides is 2. The number of imide groups is 1. The highest BCUT2D eigenvalue weighted by atomic mass is 35.5. The first-order valence-corrected chi connectivity index (χ1v) is 13.0. The molecule has 0 radical (unpaired) electrons. The molecule has 1 fully saturated rings. The van der Waals surface area contributed by atoms with Crippen LogP contribution in [0, 0.1) is 6.92 Å². The van der Waals surface area contributed by atoms with E-state index in [0.29, 0.717) is 17.1 Å². The summed E-state index contributed by atoms with van der Waals surface area (Å²) in [5.74, 6) is -0.916. The fraction of sp³-hybridized carbons (Fsp3) is 0.360. The standard InChI is InChI=1S/C25H27ClN2O4S/c1-18-7-11-21(12-8-18)28-24(29)17-23(25(28)30)27(16-15-19-5-3-2-4-6-19)33(31,32)22-13-9-20(26)10-14-22/h5,7-14,23H,2-4,6,15-17H2,1H3. The predicted octanol–water partition coefficient (Wildman–Crippen LogP) is 4.86. The summed E-state index contributed by atoms with van der Waals surface area (Å²) in [6.07, 6.45) is 6.66. The van der Waals surface area contributed by atoms with Crippen LogP contribution in [0.15, 0.2) is 65.1 Å². The lowest BCUT2D eigenvalue weighted by atomic mass is 9.97. The zero-order valence-electron chi connectivity index (χ0n) is 18.5. The first-order valence-electron chi connectivity index (χ1n) is 11.2. The molecule has 1 aliphatic carbocycles. The van der Waals surface area contributed by atoms with E-state index < -0.39 is 27.9 Å². The fourth-order valence-electron chi connectivity index (χ4n) is 4.38. The fourth-order valence-corrected chi connectivity index (χ4v) is 6.09. The zero-order chi connectivity index (χ0) is 23.6. The summed E-state index contributed by atoms with van der Waals surface area (Å²) in [6, 6.07) is 11.9. The van der Waals surface area contributed by atoms with E-state index in [1.54, 1.807) is 12.1 Å². The van der Waals surface area contributed by atoms with Gasteiger partial charge in [-0.05, 0) is 75.4 Å². The molecule has 2 aromatic rings. The summed E-state index contributed by atoms with van der Waals surface area (Å²) in [5.41, 5.74) is 2.66. The summed E-state index contributed by atoms with van der Waals surface area (Å²) in [4.78, 5) is 27.4. The summed E-state index contributed by atoms with van der Waals surface area (Å²) in [5, 5.41) is 0.422. The van der Waals surface area contributed by atoms with Crippen molar-refractivity contribution in [2.45, 2.75) is 56.4 Å². The van der Waals surface area contributed by atoms with Crippen LogP contribution in [0.25, 0.3) is 0 Å². The van der Waals surface area contributed by atoms with Gasteiger partial charge in [-0.1, -0.05) is 40.9 Å². The zero-order valence-corrected chi connectivity index (χ0v) is 20.1. The first kappa shape index (κ1) is 23.7. The molecule has 0 bridgehead atoms. The third-order valence-electron chi connectivity index (χ3n) is 6.22. The molecule has 1 saturated heterocycles. The monoisotopic (exact) mass is 486 g/mol. The number of nitrogens with zero attached hydrogens (tertiary/aromatic N) is 2. The van der Waals surface area contributed by atoms with Gasteiger partial charge < -0.3 is 0 Å². The van der Waals surface area contributed by atoms with Crippen molar-refractivity contribution in [2.24, 2.45) is 0 Å². The summed E-state index contributed by atoms with van der Waals surface area (Å²) < 4.78 is 28.5. The summed E-state index contributed by atoms with van der Waals surface area (Å²) >= 11 is 5.95. The number of carbonyl (C=O) groups is 2. The highest BCUT2D eigenvalue weighted by Gasteiger charge is 2.46. The van der Waals surface area contributed by atoms with Crippen molar-refractivity contribution < 1.29 is 18.0 Å². The minimum absolute atomic E-state index is 0.0542. The smallest absolute Gasteiger partial charge is 0.252 e. The molecule has 0 aromatic heterocycles. The quantitative estimate of drug-likeness (QED) is 0.413. The van der Waals surface area contributed by atoms with E-state index in [2.05, 4.69) is 6.08 Å². The average molecular weight is 487 g/mol. The average Bonchev–Trinajstić information content (AvgIpc) is 3.09. The maximum atomic E-state index is 13.6. The van der Waals surface area contributed by atoms with Gasteiger partial charge in [-0.2, -0.15) is 4.31 Å². The molecule has 4 rings (SSSR count). The highest BCUT2D eigenvalue weighted by Crippen LogP contribution is 2.31. The topological polar surface area (TPSA) is 74.8 Å². The lowest BCUT2D eigenvalue weighted by Gasteiger charge is -2.28. The second kappa shape index (κ2) is 9.79. The number of rotatable bonds is 7. The molecule has 2 amide bonds. The number of halogens is 1. The van der Waals surface area contributed by atoms with Crippen LogP contribution in [0.2, 0.25) is 5.02 Å². The van der Waals surface area contributed by atoms with Crippen molar-refractivity contribution in [2.75, 3.05) is 11.4 Å². The molecular weight excluding hydrogens is 460 g/mol. The van der Waals surface area contributed by atoms with Crippen molar-refractivity contribution in [1.82, 2.24) is 4.31 Å². The lowest BCUT2D eigenvalue weighted by Crippen LogP contribution is -2.46. The predicted molar refractivity (Wildman–Crippen MR) is 129 cm³/mol. The Kier molecular flexibility index (Phi) is 7.02. The third kappa shape index (κ3) is 5.05. The molecule has 0 spiro atoms. The molecule has 6 nitrogen and oxygen atoms in total. The molecule has 1 aliphatic heterocycles. The summed E-state index contributed by atoms with van der Waals surface area (Å²) in [7, 11) is -4.02. The summed E-state index contributed by atoms with van der Waals surface area (Å²) in [6.45, 7) is 2.06. The maximum Gasteiger partial charge on any atom is 0.252 e. The molecule has 174 valence electrons. The van der Waals surface area contributed by atoms with Gasteiger partial charge in [-0.25, -0.2) is 13.3 Å². The van der Waals surface area contributed by atoms with Crippen LogP contribution in [0.1, 0.15) is 44.1 Å². The molecule has 2 aliphatic rings. The van der Waals surface area contributed by atoms with E-state index >= 15 is 0 Å². The minimum atomic E-state index is -4.02. The second-order valence-corrected chi connectivity index (χ2v) is 10.9. The van der Waals surface area contributed by atoms with Gasteiger partial charge >= 0.3 is 0 Å². The Balaban J connectivity index is 1.67. The van der Waals surface area contributed by atoms with Crippen molar-refractivity contribution in [1.29, 1.82) is 0 Å². The Bertz CT molecular complexity index is 1170. The number of benzene rings is 2. The third-order valence-corrected chi connectivity index (χ3v) is 8.40. The normalized spacial score (nSPS) is 19.3. The lowest BCUT2D eigenvalue weighted by molar-refractivity contribution is -0.122. The molecule has 1 unspecified atom stereocenters. The van der Waals surface area contributed by atoms with Crippen LogP contribution in [0.5, 0.6) is 0 Å². The number of hydrogen-bond acceptors (Lipinski definition) is 4. The number of aryl methyl sites for hydroxylation is 1. The largest absolute Gasteiger partial charge is 0.274 e. The number of anilines is 1. The molecule has 33 heavy (non-hydrogen) atoms. The molecule has 0 N–H and O–H groups in total. The van der Waals surface area contributed by atoms with E-state index in [0.717, 1.165) is 36.1 Å². The van der Waals surface area contributed by atoms with Crippen LogP contribution in [-0.2, 0) is 19.6 Å². The Morgan fingerprint density at radius 1 is 1.03 bits per heavy atom. The number of sulfonamides is 1. The minimum Gasteiger partial charge on any atom is -0.274 e. The number of hydrogen-bond donors (Lipinski definition) is 0. The molecule has 0 saturated carbocycles. The number of carbonyl (C=O) groups excluding carboxylic acids is 2. The Labute approximate surface area is 199 Å². The second-order valence-electron chi connectivity index (χ2n) is 8.55. The van der Waals surface area contributed by atoms with Crippen LogP contribution in [0.4, 0.5) is 5.69 Å². The van der Waals surface area contributed by atoms with Gasteiger partial charge in [0.25, 0.3) is 5.91 Å². The first-order chi connectivity index (χ1) is 15.8. The van der Waals surface area contributed by atoms with Gasteiger partial charge in [0.05, 0.1) is 17.0 Å². The molecule has 8 heteroatoms. The van der Waals surface area contributed by atoms with Crippen LogP contribution in [0.3, 0.4) is 0 Å². The molecular formula is C25H27ClN2O4S. The van der Waals surface area contributed by atoms with Crippen molar-refractivity contribution >= 4 is 39.1 Å². The van der Waals surface area contributed by atoms with Crippen molar-refractivity contribution in [3.05, 3.63) is 70.8 Å². The van der Waals surface area contributed by atoms with Gasteiger partial charge in [-0.3, -0.25) is 9.59 Å². The van der Waals surface area contributed by atoms with Crippen LogP contribution in [-0.4, -0.2) is 37.1 Å². The van der Waals surface area contributed by atoms with Gasteiger partial charge in [0.1, 0.15) is 6.04 Å². The van der Waals surface area contributed by atoms with Gasteiger partial charge in [0.2, 0.25) is 15.9 Å². The SMILES string of the molecule is Cc1ccc(N2C(=O)CC(N(CCC3=CCCCC3)S(=O)(=O)c3ccc(Cl)cc3)C2=O)cc1. The van der Waals surface area contributed by atoms with Crippen molar-refractivity contribution in [3.8, 4) is 0 Å². The van der Waals surface area contributed by atoms with E-state index in [1.165, 1.54) is 34.1 Å². The van der Waals surface area contributed by atoms with Crippen LogP contribution < -0.4 is 4.90 Å². The number of allylic oxidation sites excluding steroid dienone is 1. The maximum absolute atomic E-state index is 13.6. The van der Waals surface area contributed by atoms with Gasteiger partial charge in [0, 0.05) is 11.6 Å². The van der Waals surface area contributed by atoms with E-state index in [9.17, 15) is 18.0 Å². The Hall–Kier alpha value is -2.48. The van der Waals surface area contributed by atoms with Crippen molar-refractivity contribution in [3.63, 3.8) is 0 Å². The van der Waals surface area contributed by atoms with Crippen LogP contribution >= 0.6 is 11.6 Å². The molecule has 1 heterocycles.